The van der Waals surface area contributed by atoms with Crippen LogP contribution in [0.1, 0.15) is 5.56 Å². The average molecular weight is 453 g/mol. The highest BCUT2D eigenvalue weighted by atomic mass is 35.5. The van der Waals surface area contributed by atoms with Gasteiger partial charge in [-0.2, -0.15) is 20.9 Å². The third-order valence-electron chi connectivity index (χ3n) is 4.46. The van der Waals surface area contributed by atoms with Crippen molar-refractivity contribution in [3.05, 3.63) is 46.7 Å². The molecule has 29 heavy (non-hydrogen) atoms. The van der Waals surface area contributed by atoms with Crippen molar-refractivity contribution in [3.8, 4) is 6.07 Å². The summed E-state index contributed by atoms with van der Waals surface area (Å²) in [6.07, 6.45) is 0. The molecular weight excluding hydrogens is 436 g/mol. The summed E-state index contributed by atoms with van der Waals surface area (Å²) in [6, 6.07) is 8.60. The Morgan fingerprint density at radius 2 is 2.10 bits per heavy atom. The van der Waals surface area contributed by atoms with Gasteiger partial charge in [-0.05, 0) is 29.6 Å². The molecule has 1 aliphatic heterocycles. The quantitative estimate of drug-likeness (QED) is 0.694. The lowest BCUT2D eigenvalue weighted by molar-refractivity contribution is -0.132. The number of halogens is 1. The minimum Gasteiger partial charge on any atom is -0.338 e. The van der Waals surface area contributed by atoms with Gasteiger partial charge in [0, 0.05) is 30.7 Å². The minimum absolute atomic E-state index is 0.0306. The first kappa shape index (κ1) is 21.3. The van der Waals surface area contributed by atoms with Crippen molar-refractivity contribution in [2.45, 2.75) is 10.9 Å². The zero-order valence-corrected chi connectivity index (χ0v) is 17.5. The van der Waals surface area contributed by atoms with Crippen molar-refractivity contribution in [3.63, 3.8) is 0 Å². The van der Waals surface area contributed by atoms with Crippen LogP contribution in [0.3, 0.4) is 0 Å². The molecule has 1 saturated heterocycles. The third-order valence-corrected chi connectivity index (χ3v) is 7.43. The first-order chi connectivity index (χ1) is 13.9. The summed E-state index contributed by atoms with van der Waals surface area (Å²) in [5.74, 6) is -1.22. The summed E-state index contributed by atoms with van der Waals surface area (Å²) >= 11 is 6.87. The zero-order valence-electron chi connectivity index (χ0n) is 15.1. The van der Waals surface area contributed by atoms with Crippen LogP contribution in [0.5, 0.6) is 0 Å². The van der Waals surface area contributed by atoms with Crippen molar-refractivity contribution >= 4 is 50.5 Å². The number of amides is 2. The number of nitrogens with zero attached hydrogens (tertiary/aromatic N) is 3. The summed E-state index contributed by atoms with van der Waals surface area (Å²) in [4.78, 5) is 26.5. The molecule has 2 heterocycles. The van der Waals surface area contributed by atoms with E-state index in [0.29, 0.717) is 11.3 Å². The molecule has 11 heteroatoms. The maximum Gasteiger partial charge on any atom is 0.244 e. The van der Waals surface area contributed by atoms with Gasteiger partial charge in [0.25, 0.3) is 0 Å². The number of benzene rings is 1. The van der Waals surface area contributed by atoms with Gasteiger partial charge in [-0.25, -0.2) is 8.42 Å². The maximum absolute atomic E-state index is 13.0. The van der Waals surface area contributed by atoms with Gasteiger partial charge in [0.2, 0.25) is 21.8 Å². The molecule has 8 nitrogen and oxygen atoms in total. The summed E-state index contributed by atoms with van der Waals surface area (Å²) in [6.45, 7) is -0.00154. The number of rotatable bonds is 5. The number of hydrogen-bond donors (Lipinski definition) is 1. The van der Waals surface area contributed by atoms with E-state index in [0.717, 1.165) is 4.31 Å². The molecule has 2 aromatic rings. The predicted octanol–water partition coefficient (Wildman–Crippen LogP) is 1.70. The van der Waals surface area contributed by atoms with Gasteiger partial charge in [-0.1, -0.05) is 6.07 Å². The van der Waals surface area contributed by atoms with Crippen LogP contribution in [0.15, 0.2) is 46.0 Å². The Hall–Kier alpha value is -2.45. The molecule has 3 rings (SSSR count). The zero-order chi connectivity index (χ0) is 21.0. The van der Waals surface area contributed by atoms with E-state index in [4.69, 9.17) is 16.9 Å². The highest BCUT2D eigenvalue weighted by Gasteiger charge is 2.41. The number of nitriles is 1. The Morgan fingerprint density at radius 1 is 1.31 bits per heavy atom. The van der Waals surface area contributed by atoms with E-state index < -0.39 is 22.0 Å². The number of nitrogens with one attached hydrogen (secondary N) is 1. The topological polar surface area (TPSA) is 111 Å². The molecular formula is C18H17ClN4O4S2. The number of carbonyl (C=O) groups excluding carboxylic acids is 2. The van der Waals surface area contributed by atoms with E-state index in [1.54, 1.807) is 23.6 Å². The highest BCUT2D eigenvalue weighted by molar-refractivity contribution is 7.89. The van der Waals surface area contributed by atoms with Crippen LogP contribution in [-0.4, -0.2) is 61.0 Å². The van der Waals surface area contributed by atoms with Crippen LogP contribution in [0.4, 0.5) is 5.69 Å². The third kappa shape index (κ3) is 4.59. The summed E-state index contributed by atoms with van der Waals surface area (Å²) in [5.41, 5.74) is 0.718. The van der Waals surface area contributed by atoms with E-state index in [-0.39, 0.29) is 36.3 Å². The Labute approximate surface area is 177 Å². The van der Waals surface area contributed by atoms with Crippen molar-refractivity contribution in [2.24, 2.45) is 0 Å². The number of anilines is 1. The van der Waals surface area contributed by atoms with Crippen molar-refractivity contribution in [2.75, 3.05) is 30.8 Å². The fourth-order valence-corrected chi connectivity index (χ4v) is 5.76. The SMILES string of the molecule is N#Cc1cccc(NC(=O)[C@@H]2CN(C(=O)CCl)CCN2S(=O)(=O)c2ccsc2)c1. The molecule has 1 N–H and O–H groups in total. The molecule has 1 fully saturated rings. The number of thiophene rings is 1. The Bertz CT molecular complexity index is 1050. The van der Waals surface area contributed by atoms with Gasteiger partial charge < -0.3 is 10.2 Å². The molecule has 2 amide bonds. The summed E-state index contributed by atoms with van der Waals surface area (Å²) in [7, 11) is -3.91. The highest BCUT2D eigenvalue weighted by Crippen LogP contribution is 2.24. The van der Waals surface area contributed by atoms with Crippen LogP contribution in [0.25, 0.3) is 0 Å². The maximum atomic E-state index is 13.0. The predicted molar refractivity (Wildman–Crippen MR) is 109 cm³/mol. The molecule has 1 aromatic carbocycles. The molecule has 0 radical (unpaired) electrons. The molecule has 0 spiro atoms. The monoisotopic (exact) mass is 452 g/mol. The summed E-state index contributed by atoms with van der Waals surface area (Å²) in [5, 5.41) is 14.8. The van der Waals surface area contributed by atoms with Gasteiger partial charge in [-0.3, -0.25) is 9.59 Å². The second kappa shape index (κ2) is 8.92. The molecule has 0 saturated carbocycles. The van der Waals surface area contributed by atoms with E-state index >= 15 is 0 Å². The van der Waals surface area contributed by atoms with Gasteiger partial charge in [0.15, 0.2) is 0 Å². The first-order valence-electron chi connectivity index (χ1n) is 8.55. The second-order valence-corrected chi connectivity index (χ2v) is 9.18. The van der Waals surface area contributed by atoms with Gasteiger partial charge >= 0.3 is 0 Å². The second-order valence-electron chi connectivity index (χ2n) is 6.25. The molecule has 1 aromatic heterocycles. The molecule has 0 bridgehead atoms. The van der Waals surface area contributed by atoms with Gasteiger partial charge in [0.05, 0.1) is 16.5 Å². The van der Waals surface area contributed by atoms with Crippen molar-refractivity contribution in [1.82, 2.24) is 9.21 Å². The van der Waals surface area contributed by atoms with Crippen LogP contribution in [0, 0.1) is 11.3 Å². The average Bonchev–Trinajstić information content (AvgIpc) is 3.28. The Balaban J connectivity index is 1.90. The Kier molecular flexibility index (Phi) is 6.54. The first-order valence-corrected chi connectivity index (χ1v) is 11.5. The standard InChI is InChI=1S/C18H17ClN4O4S2/c19-9-17(24)22-5-6-23(29(26,27)15-4-7-28-12-15)16(11-22)18(25)21-14-3-1-2-13(8-14)10-20/h1-4,7-8,12,16H,5-6,9,11H2,(H,21,25)/t16-/m0/s1. The van der Waals surface area contributed by atoms with E-state index in [1.165, 1.54) is 33.7 Å². The van der Waals surface area contributed by atoms with Crippen LogP contribution >= 0.6 is 22.9 Å². The van der Waals surface area contributed by atoms with E-state index in [9.17, 15) is 18.0 Å². The minimum atomic E-state index is -3.91. The molecule has 0 unspecified atom stereocenters. The van der Waals surface area contributed by atoms with Gasteiger partial charge in [-0.15, -0.1) is 11.6 Å². The Morgan fingerprint density at radius 3 is 2.76 bits per heavy atom. The van der Waals surface area contributed by atoms with E-state index in [1.807, 2.05) is 6.07 Å². The summed E-state index contributed by atoms with van der Waals surface area (Å²) < 4.78 is 27.2. The van der Waals surface area contributed by atoms with Crippen LogP contribution < -0.4 is 5.32 Å². The van der Waals surface area contributed by atoms with Crippen molar-refractivity contribution < 1.29 is 18.0 Å². The molecule has 152 valence electrons. The largest absolute Gasteiger partial charge is 0.338 e. The lowest BCUT2D eigenvalue weighted by atomic mass is 10.1. The van der Waals surface area contributed by atoms with Crippen molar-refractivity contribution in [1.29, 1.82) is 5.26 Å². The number of piperazine rings is 1. The fourth-order valence-electron chi connectivity index (χ4n) is 3.00. The lowest BCUT2D eigenvalue weighted by Gasteiger charge is -2.39. The number of sulfonamides is 1. The molecule has 1 atom stereocenters. The lowest BCUT2D eigenvalue weighted by Crippen LogP contribution is -2.60. The number of alkyl halides is 1. The number of hydrogen-bond acceptors (Lipinski definition) is 6. The molecule has 0 aliphatic carbocycles. The normalized spacial score (nSPS) is 17.5. The fraction of sp³-hybridized carbons (Fsp3) is 0.278. The molecule has 1 aliphatic rings. The van der Waals surface area contributed by atoms with Crippen LogP contribution in [-0.2, 0) is 19.6 Å². The van der Waals surface area contributed by atoms with Gasteiger partial charge in [0.1, 0.15) is 11.9 Å². The smallest absolute Gasteiger partial charge is 0.244 e. The van der Waals surface area contributed by atoms with E-state index in [2.05, 4.69) is 5.32 Å². The van der Waals surface area contributed by atoms with Crippen LogP contribution in [0.2, 0.25) is 0 Å². The number of carbonyl (C=O) groups is 2.